The lowest BCUT2D eigenvalue weighted by Gasteiger charge is -2.22. The van der Waals surface area contributed by atoms with E-state index < -0.39 is 0 Å². The van der Waals surface area contributed by atoms with Gasteiger partial charge >= 0.3 is 0 Å². The average Bonchev–Trinajstić information content (AvgIpc) is 2.34. The van der Waals surface area contributed by atoms with Crippen LogP contribution in [0.4, 0.5) is 0 Å². The molecule has 0 unspecified atom stereocenters. The Kier molecular flexibility index (Phi) is 6.71. The third-order valence-electron chi connectivity index (χ3n) is 3.04. The summed E-state index contributed by atoms with van der Waals surface area (Å²) in [5, 5.41) is 3.38. The Morgan fingerprint density at radius 1 is 1.29 bits per heavy atom. The van der Waals surface area contributed by atoms with Crippen molar-refractivity contribution in [1.82, 2.24) is 5.32 Å². The van der Waals surface area contributed by atoms with Crippen molar-refractivity contribution in [3.05, 3.63) is 36.1 Å². The Labute approximate surface area is 105 Å². The largest absolute Gasteiger partial charge is 0.494 e. The van der Waals surface area contributed by atoms with Gasteiger partial charge in [0.25, 0.3) is 0 Å². The molecule has 2 heteroatoms. The molecule has 1 heterocycles. The fourth-order valence-corrected chi connectivity index (χ4v) is 1.94. The van der Waals surface area contributed by atoms with E-state index in [9.17, 15) is 0 Å². The molecule has 1 N–H and O–H groups in total. The molecule has 0 aromatic rings. The molecule has 0 atom stereocenters. The van der Waals surface area contributed by atoms with Crippen LogP contribution in [0.5, 0.6) is 0 Å². The third kappa shape index (κ3) is 6.32. The first-order valence-corrected chi connectivity index (χ1v) is 6.53. The van der Waals surface area contributed by atoms with Crippen LogP contribution in [0, 0.1) is 5.92 Å². The van der Waals surface area contributed by atoms with E-state index in [1.54, 1.807) is 6.08 Å². The Balaban J connectivity index is 2.25. The normalized spacial score (nSPS) is 17.6. The maximum Gasteiger partial charge on any atom is 0.118 e. The van der Waals surface area contributed by atoms with Gasteiger partial charge in [-0.1, -0.05) is 18.2 Å². The number of ether oxygens (including phenoxy) is 1. The molecular formula is C15H25NO. The summed E-state index contributed by atoms with van der Waals surface area (Å²) >= 11 is 0. The molecule has 1 rings (SSSR count). The zero-order valence-electron chi connectivity index (χ0n) is 11.2. The number of allylic oxidation sites excluding steroid dienone is 4. The molecule has 1 aliphatic heterocycles. The minimum absolute atomic E-state index is 0.805. The number of piperidine rings is 1. The molecule has 0 amide bonds. The van der Waals surface area contributed by atoms with E-state index in [-0.39, 0.29) is 0 Å². The molecule has 1 fully saturated rings. The van der Waals surface area contributed by atoms with Crippen LogP contribution >= 0.6 is 0 Å². The zero-order chi connectivity index (χ0) is 12.5. The fourth-order valence-electron chi connectivity index (χ4n) is 1.94. The predicted octanol–water partition coefficient (Wildman–Crippen LogP) is 3.43. The van der Waals surface area contributed by atoms with Crippen LogP contribution in [0.2, 0.25) is 0 Å². The Morgan fingerprint density at radius 2 is 2.00 bits per heavy atom. The summed E-state index contributed by atoms with van der Waals surface area (Å²) in [6.45, 7) is 11.0. The molecule has 2 nitrogen and oxygen atoms in total. The van der Waals surface area contributed by atoms with Gasteiger partial charge in [0, 0.05) is 0 Å². The molecule has 96 valence electrons. The van der Waals surface area contributed by atoms with E-state index in [4.69, 9.17) is 4.74 Å². The second kappa shape index (κ2) is 8.13. The first-order chi connectivity index (χ1) is 8.22. The number of rotatable bonds is 6. The summed E-state index contributed by atoms with van der Waals surface area (Å²) in [6, 6.07) is 0. The molecule has 0 bridgehead atoms. The van der Waals surface area contributed by atoms with E-state index in [1.807, 2.05) is 6.08 Å². The Morgan fingerprint density at radius 3 is 2.59 bits per heavy atom. The van der Waals surface area contributed by atoms with E-state index in [2.05, 4.69) is 31.8 Å². The highest BCUT2D eigenvalue weighted by atomic mass is 16.5. The average molecular weight is 235 g/mol. The van der Waals surface area contributed by atoms with Crippen molar-refractivity contribution < 1.29 is 4.74 Å². The highest BCUT2D eigenvalue weighted by molar-refractivity contribution is 5.18. The van der Waals surface area contributed by atoms with Crippen LogP contribution in [0.1, 0.15) is 33.1 Å². The maximum atomic E-state index is 5.72. The number of hydrogen-bond acceptors (Lipinski definition) is 2. The molecule has 0 saturated carbocycles. The minimum atomic E-state index is 0.805. The smallest absolute Gasteiger partial charge is 0.118 e. The van der Waals surface area contributed by atoms with Crippen molar-refractivity contribution in [2.75, 3.05) is 19.7 Å². The summed E-state index contributed by atoms with van der Waals surface area (Å²) < 4.78 is 5.72. The predicted molar refractivity (Wildman–Crippen MR) is 73.9 cm³/mol. The molecule has 17 heavy (non-hydrogen) atoms. The van der Waals surface area contributed by atoms with Crippen LogP contribution in [-0.2, 0) is 4.74 Å². The van der Waals surface area contributed by atoms with Crippen LogP contribution in [-0.4, -0.2) is 19.7 Å². The van der Waals surface area contributed by atoms with Gasteiger partial charge in [0.2, 0.25) is 0 Å². The first kappa shape index (κ1) is 14.0. The fraction of sp³-hybridized carbons (Fsp3) is 0.600. The Hall–Kier alpha value is -1.02. The van der Waals surface area contributed by atoms with Crippen LogP contribution in [0.15, 0.2) is 36.1 Å². The molecule has 0 spiro atoms. The number of hydrogen-bond donors (Lipinski definition) is 1. The van der Waals surface area contributed by atoms with Crippen molar-refractivity contribution in [3.63, 3.8) is 0 Å². The summed E-state index contributed by atoms with van der Waals surface area (Å²) in [5.74, 6) is 1.70. The Bertz CT molecular complexity index is 281. The lowest BCUT2D eigenvalue weighted by Crippen LogP contribution is -2.28. The molecular weight excluding hydrogens is 210 g/mol. The van der Waals surface area contributed by atoms with Gasteiger partial charge < -0.3 is 10.1 Å². The van der Waals surface area contributed by atoms with Crippen molar-refractivity contribution >= 4 is 0 Å². The monoisotopic (exact) mass is 235 g/mol. The topological polar surface area (TPSA) is 21.3 Å². The van der Waals surface area contributed by atoms with Crippen LogP contribution < -0.4 is 5.32 Å². The van der Waals surface area contributed by atoms with Crippen molar-refractivity contribution in [2.24, 2.45) is 5.92 Å². The minimum Gasteiger partial charge on any atom is -0.494 e. The zero-order valence-corrected chi connectivity index (χ0v) is 11.2. The SMILES string of the molecule is C=CC(=CC=C(C)C)OCCC1CCNCC1. The molecule has 1 saturated heterocycles. The highest BCUT2D eigenvalue weighted by Crippen LogP contribution is 2.16. The van der Waals surface area contributed by atoms with Crippen LogP contribution in [0.25, 0.3) is 0 Å². The summed E-state index contributed by atoms with van der Waals surface area (Å²) in [4.78, 5) is 0. The standard InChI is InChI=1S/C15H25NO/c1-4-15(6-5-13(2)3)17-12-9-14-7-10-16-11-8-14/h4-6,14,16H,1,7-12H2,2-3H3. The molecule has 1 aliphatic rings. The van der Waals surface area contributed by atoms with E-state index >= 15 is 0 Å². The third-order valence-corrected chi connectivity index (χ3v) is 3.04. The van der Waals surface area contributed by atoms with E-state index in [0.29, 0.717) is 0 Å². The van der Waals surface area contributed by atoms with Crippen LogP contribution in [0.3, 0.4) is 0 Å². The lowest BCUT2D eigenvalue weighted by atomic mass is 9.95. The molecule has 0 radical (unpaired) electrons. The second-order valence-electron chi connectivity index (χ2n) is 4.85. The second-order valence-corrected chi connectivity index (χ2v) is 4.85. The van der Waals surface area contributed by atoms with Crippen molar-refractivity contribution in [1.29, 1.82) is 0 Å². The van der Waals surface area contributed by atoms with Gasteiger partial charge in [-0.25, -0.2) is 0 Å². The van der Waals surface area contributed by atoms with Crippen molar-refractivity contribution in [2.45, 2.75) is 33.1 Å². The van der Waals surface area contributed by atoms with Gasteiger partial charge in [-0.2, -0.15) is 0 Å². The summed E-state index contributed by atoms with van der Waals surface area (Å²) in [6.07, 6.45) is 9.55. The molecule has 0 aromatic heterocycles. The molecule has 0 aromatic carbocycles. The van der Waals surface area contributed by atoms with Gasteiger partial charge in [0.15, 0.2) is 0 Å². The summed E-state index contributed by atoms with van der Waals surface area (Å²) in [5.41, 5.74) is 1.27. The first-order valence-electron chi connectivity index (χ1n) is 6.53. The van der Waals surface area contributed by atoms with Crippen molar-refractivity contribution in [3.8, 4) is 0 Å². The summed E-state index contributed by atoms with van der Waals surface area (Å²) in [7, 11) is 0. The van der Waals surface area contributed by atoms with Gasteiger partial charge in [-0.05, 0) is 64.3 Å². The van der Waals surface area contributed by atoms with Gasteiger partial charge in [0.05, 0.1) is 6.61 Å². The van der Waals surface area contributed by atoms with Gasteiger partial charge in [0.1, 0.15) is 5.76 Å². The number of nitrogens with one attached hydrogen (secondary N) is 1. The molecule has 0 aliphatic carbocycles. The lowest BCUT2D eigenvalue weighted by molar-refractivity contribution is 0.188. The van der Waals surface area contributed by atoms with Gasteiger partial charge in [-0.15, -0.1) is 0 Å². The quantitative estimate of drug-likeness (QED) is 0.562. The van der Waals surface area contributed by atoms with Gasteiger partial charge in [-0.3, -0.25) is 0 Å². The van der Waals surface area contributed by atoms with E-state index in [0.717, 1.165) is 37.8 Å². The highest BCUT2D eigenvalue weighted by Gasteiger charge is 2.12. The maximum absolute atomic E-state index is 5.72. The van der Waals surface area contributed by atoms with E-state index in [1.165, 1.54) is 18.4 Å².